The molecule has 0 aromatic heterocycles. The average molecular weight is 390 g/mol. The first-order valence-corrected chi connectivity index (χ1v) is 8.92. The van der Waals surface area contributed by atoms with Gasteiger partial charge in [0.2, 0.25) is 5.91 Å². The SMILES string of the molecule is CC(=O)Nc1cccc(OCC2=CCC(c3cc(F)c(F)cc3F)C(N)C2)c1. The van der Waals surface area contributed by atoms with Crippen LogP contribution < -0.4 is 15.8 Å². The van der Waals surface area contributed by atoms with Gasteiger partial charge in [0.15, 0.2) is 11.6 Å². The standard InChI is InChI=1S/C21H21F3N2O2/c1-12(27)26-14-3-2-4-15(8-14)28-11-13-5-6-16(21(25)7-13)17-9-19(23)20(24)10-18(17)22/h2-5,8-10,16,21H,6-7,11,25H2,1H3,(H,26,27). The Balaban J connectivity index is 1.65. The van der Waals surface area contributed by atoms with Crippen LogP contribution in [0.15, 0.2) is 48.0 Å². The highest BCUT2D eigenvalue weighted by Crippen LogP contribution is 2.34. The van der Waals surface area contributed by atoms with E-state index >= 15 is 0 Å². The van der Waals surface area contributed by atoms with Gasteiger partial charge in [-0.2, -0.15) is 0 Å². The van der Waals surface area contributed by atoms with Gasteiger partial charge in [-0.3, -0.25) is 4.79 Å². The molecule has 0 heterocycles. The molecule has 1 amide bonds. The second-order valence-corrected chi connectivity index (χ2v) is 6.86. The summed E-state index contributed by atoms with van der Waals surface area (Å²) in [6.07, 6.45) is 2.76. The maximum Gasteiger partial charge on any atom is 0.221 e. The normalized spacial score (nSPS) is 19.1. The second-order valence-electron chi connectivity index (χ2n) is 6.86. The molecule has 28 heavy (non-hydrogen) atoms. The van der Waals surface area contributed by atoms with Gasteiger partial charge in [0.25, 0.3) is 0 Å². The second kappa shape index (κ2) is 8.48. The first-order valence-electron chi connectivity index (χ1n) is 8.92. The van der Waals surface area contributed by atoms with Crippen molar-refractivity contribution < 1.29 is 22.7 Å². The van der Waals surface area contributed by atoms with Crippen LogP contribution >= 0.6 is 0 Å². The number of hydrogen-bond donors (Lipinski definition) is 2. The van der Waals surface area contributed by atoms with Gasteiger partial charge >= 0.3 is 0 Å². The van der Waals surface area contributed by atoms with E-state index in [1.807, 2.05) is 6.08 Å². The topological polar surface area (TPSA) is 64.3 Å². The van der Waals surface area contributed by atoms with E-state index in [-0.39, 0.29) is 11.5 Å². The van der Waals surface area contributed by atoms with Crippen LogP contribution in [0.5, 0.6) is 5.75 Å². The summed E-state index contributed by atoms with van der Waals surface area (Å²) < 4.78 is 46.4. The van der Waals surface area contributed by atoms with E-state index in [1.54, 1.807) is 24.3 Å². The Morgan fingerprint density at radius 1 is 1.18 bits per heavy atom. The van der Waals surface area contributed by atoms with E-state index in [0.29, 0.717) is 37.0 Å². The van der Waals surface area contributed by atoms with Crippen LogP contribution in [-0.2, 0) is 4.79 Å². The fourth-order valence-corrected chi connectivity index (χ4v) is 3.34. The summed E-state index contributed by atoms with van der Waals surface area (Å²) in [4.78, 5) is 11.1. The molecule has 0 saturated heterocycles. The van der Waals surface area contributed by atoms with Crippen LogP contribution in [0, 0.1) is 17.5 Å². The summed E-state index contributed by atoms with van der Waals surface area (Å²) in [7, 11) is 0. The van der Waals surface area contributed by atoms with Gasteiger partial charge in [-0.05, 0) is 42.2 Å². The van der Waals surface area contributed by atoms with Gasteiger partial charge < -0.3 is 15.8 Å². The van der Waals surface area contributed by atoms with E-state index in [2.05, 4.69) is 5.32 Å². The van der Waals surface area contributed by atoms with E-state index in [4.69, 9.17) is 10.5 Å². The van der Waals surface area contributed by atoms with Crippen molar-refractivity contribution in [1.82, 2.24) is 0 Å². The summed E-state index contributed by atoms with van der Waals surface area (Å²) in [5.74, 6) is -3.09. The molecular formula is C21H21F3N2O2. The minimum Gasteiger partial charge on any atom is -0.489 e. The molecule has 1 aliphatic carbocycles. The Morgan fingerprint density at radius 2 is 1.93 bits per heavy atom. The predicted molar refractivity (Wildman–Crippen MR) is 101 cm³/mol. The Labute approximate surface area is 161 Å². The largest absolute Gasteiger partial charge is 0.489 e. The van der Waals surface area contributed by atoms with Gasteiger partial charge in [0.05, 0.1) is 0 Å². The lowest BCUT2D eigenvalue weighted by Gasteiger charge is -2.29. The van der Waals surface area contributed by atoms with E-state index in [9.17, 15) is 18.0 Å². The number of anilines is 1. The first-order chi connectivity index (χ1) is 13.3. The first kappa shape index (κ1) is 19.9. The third kappa shape index (κ3) is 4.72. The third-order valence-corrected chi connectivity index (χ3v) is 4.69. The highest BCUT2D eigenvalue weighted by molar-refractivity contribution is 5.88. The molecule has 2 atom stereocenters. The maximum absolute atomic E-state index is 14.0. The van der Waals surface area contributed by atoms with Crippen LogP contribution in [0.2, 0.25) is 0 Å². The number of amides is 1. The minimum atomic E-state index is -1.21. The summed E-state index contributed by atoms with van der Waals surface area (Å²) in [5.41, 5.74) is 7.84. The van der Waals surface area contributed by atoms with Crippen LogP contribution in [0.4, 0.5) is 18.9 Å². The quantitative estimate of drug-likeness (QED) is 0.592. The van der Waals surface area contributed by atoms with E-state index in [1.165, 1.54) is 6.92 Å². The molecule has 0 spiro atoms. The molecule has 0 radical (unpaired) electrons. The zero-order chi connectivity index (χ0) is 20.3. The van der Waals surface area contributed by atoms with Gasteiger partial charge in [0, 0.05) is 36.7 Å². The highest BCUT2D eigenvalue weighted by atomic mass is 19.2. The summed E-state index contributed by atoms with van der Waals surface area (Å²) in [6.45, 7) is 1.72. The number of nitrogens with two attached hydrogens (primary N) is 1. The number of carbonyl (C=O) groups excluding carboxylic acids is 1. The molecule has 7 heteroatoms. The molecule has 0 aliphatic heterocycles. The zero-order valence-electron chi connectivity index (χ0n) is 15.3. The average Bonchev–Trinajstić information content (AvgIpc) is 2.63. The molecule has 1 aliphatic rings. The lowest BCUT2D eigenvalue weighted by Crippen LogP contribution is -2.33. The summed E-state index contributed by atoms with van der Waals surface area (Å²) in [6, 6.07) is 8.01. The van der Waals surface area contributed by atoms with Crippen LogP contribution in [-0.4, -0.2) is 18.6 Å². The van der Waals surface area contributed by atoms with Crippen molar-refractivity contribution in [3.63, 3.8) is 0 Å². The van der Waals surface area contributed by atoms with Crippen LogP contribution in [0.25, 0.3) is 0 Å². The van der Waals surface area contributed by atoms with Crippen LogP contribution in [0.3, 0.4) is 0 Å². The molecule has 3 rings (SSSR count). The molecule has 0 fully saturated rings. The number of ether oxygens (including phenoxy) is 1. The van der Waals surface area contributed by atoms with Crippen molar-refractivity contribution in [2.75, 3.05) is 11.9 Å². The fourth-order valence-electron chi connectivity index (χ4n) is 3.34. The number of allylic oxidation sites excluding steroid dienone is 1. The van der Waals surface area contributed by atoms with Crippen molar-refractivity contribution in [3.05, 3.63) is 71.1 Å². The smallest absolute Gasteiger partial charge is 0.221 e. The van der Waals surface area contributed by atoms with E-state index in [0.717, 1.165) is 11.6 Å². The van der Waals surface area contributed by atoms with Crippen molar-refractivity contribution in [1.29, 1.82) is 0 Å². The number of hydrogen-bond acceptors (Lipinski definition) is 3. The van der Waals surface area contributed by atoms with Gasteiger partial charge in [-0.25, -0.2) is 13.2 Å². The van der Waals surface area contributed by atoms with Crippen molar-refractivity contribution in [2.24, 2.45) is 5.73 Å². The van der Waals surface area contributed by atoms with Crippen molar-refractivity contribution in [3.8, 4) is 5.75 Å². The Hall–Kier alpha value is -2.80. The lowest BCUT2D eigenvalue weighted by atomic mass is 9.81. The zero-order valence-corrected chi connectivity index (χ0v) is 15.3. The molecule has 4 nitrogen and oxygen atoms in total. The van der Waals surface area contributed by atoms with E-state index < -0.39 is 29.4 Å². The lowest BCUT2D eigenvalue weighted by molar-refractivity contribution is -0.114. The molecule has 0 saturated carbocycles. The summed E-state index contributed by atoms with van der Waals surface area (Å²) >= 11 is 0. The molecule has 0 bridgehead atoms. The van der Waals surface area contributed by atoms with Gasteiger partial charge in [-0.1, -0.05) is 12.1 Å². The Kier molecular flexibility index (Phi) is 6.04. The molecule has 2 aromatic carbocycles. The van der Waals surface area contributed by atoms with Gasteiger partial charge in [0.1, 0.15) is 18.2 Å². The number of halogens is 3. The number of benzene rings is 2. The number of carbonyl (C=O) groups is 1. The number of nitrogens with one attached hydrogen (secondary N) is 1. The monoisotopic (exact) mass is 390 g/mol. The molecule has 2 aromatic rings. The molecule has 3 N–H and O–H groups in total. The number of rotatable bonds is 5. The Bertz CT molecular complexity index is 915. The predicted octanol–water partition coefficient (Wildman–Crippen LogP) is 4.27. The molecule has 2 unspecified atom stereocenters. The van der Waals surface area contributed by atoms with Crippen LogP contribution in [0.1, 0.15) is 31.2 Å². The third-order valence-electron chi connectivity index (χ3n) is 4.69. The highest BCUT2D eigenvalue weighted by Gasteiger charge is 2.28. The molecule has 148 valence electrons. The van der Waals surface area contributed by atoms with Crippen molar-refractivity contribution >= 4 is 11.6 Å². The minimum absolute atomic E-state index is 0.0885. The Morgan fingerprint density at radius 3 is 2.64 bits per heavy atom. The maximum atomic E-state index is 14.0. The van der Waals surface area contributed by atoms with Gasteiger partial charge in [-0.15, -0.1) is 0 Å². The van der Waals surface area contributed by atoms with Crippen molar-refractivity contribution in [2.45, 2.75) is 31.7 Å². The molecular weight excluding hydrogens is 369 g/mol. The summed E-state index contributed by atoms with van der Waals surface area (Å²) in [5, 5.41) is 2.68. The fraction of sp³-hybridized carbons (Fsp3) is 0.286.